The van der Waals surface area contributed by atoms with Crippen LogP contribution in [0.15, 0.2) is 41.3 Å². The standard InChI is InChI=1S/C18H21N5O4/c24-14(12-27-15-6-8-26-9-7-15)11-22-18(25)16-10-19-23(17(16)20-21-22)13-4-2-1-3-5-13/h1-5,10,14-15,24H,6-9,11-12H2. The van der Waals surface area contributed by atoms with Crippen LogP contribution >= 0.6 is 0 Å². The Labute approximate surface area is 155 Å². The second-order valence-corrected chi connectivity index (χ2v) is 6.50. The molecule has 1 aliphatic rings. The number of aliphatic hydroxyl groups excluding tert-OH is 1. The van der Waals surface area contributed by atoms with E-state index in [4.69, 9.17) is 9.47 Å². The molecule has 0 radical (unpaired) electrons. The molecule has 2 aromatic heterocycles. The molecule has 1 aliphatic heterocycles. The number of aromatic nitrogens is 5. The molecule has 1 fully saturated rings. The van der Waals surface area contributed by atoms with Crippen molar-refractivity contribution in [2.45, 2.75) is 31.6 Å². The fourth-order valence-electron chi connectivity index (χ4n) is 3.08. The minimum atomic E-state index is -0.846. The zero-order valence-electron chi connectivity index (χ0n) is 14.8. The largest absolute Gasteiger partial charge is 0.389 e. The van der Waals surface area contributed by atoms with Gasteiger partial charge in [-0.1, -0.05) is 23.4 Å². The van der Waals surface area contributed by atoms with E-state index in [-0.39, 0.29) is 24.8 Å². The van der Waals surface area contributed by atoms with E-state index >= 15 is 0 Å². The molecule has 3 aromatic rings. The van der Waals surface area contributed by atoms with E-state index in [9.17, 15) is 9.90 Å². The van der Waals surface area contributed by atoms with Gasteiger partial charge in [0.1, 0.15) is 5.39 Å². The summed E-state index contributed by atoms with van der Waals surface area (Å²) >= 11 is 0. The lowest BCUT2D eigenvalue weighted by molar-refractivity contribution is -0.0625. The smallest absolute Gasteiger partial charge is 0.280 e. The number of hydrogen-bond acceptors (Lipinski definition) is 7. The summed E-state index contributed by atoms with van der Waals surface area (Å²) in [6.45, 7) is 1.50. The third-order valence-corrected chi connectivity index (χ3v) is 4.53. The van der Waals surface area contributed by atoms with E-state index in [2.05, 4.69) is 15.4 Å². The van der Waals surface area contributed by atoms with Crippen molar-refractivity contribution < 1.29 is 14.6 Å². The molecule has 9 nitrogen and oxygen atoms in total. The van der Waals surface area contributed by atoms with Crippen molar-refractivity contribution >= 4 is 11.0 Å². The number of hydrogen-bond donors (Lipinski definition) is 1. The van der Waals surface area contributed by atoms with Crippen LogP contribution in [-0.4, -0.2) is 61.9 Å². The number of nitrogens with zero attached hydrogens (tertiary/aromatic N) is 5. The van der Waals surface area contributed by atoms with E-state index in [1.165, 1.54) is 6.20 Å². The number of aliphatic hydroxyl groups is 1. The van der Waals surface area contributed by atoms with Gasteiger partial charge in [0.25, 0.3) is 5.56 Å². The molecule has 1 atom stereocenters. The van der Waals surface area contributed by atoms with Crippen LogP contribution in [0.2, 0.25) is 0 Å². The SMILES string of the molecule is O=c1c2cnn(-c3ccccc3)c2nnn1CC(O)COC1CCOCC1. The normalized spacial score (nSPS) is 16.6. The Morgan fingerprint density at radius 2 is 2.04 bits per heavy atom. The Bertz CT molecular complexity index is 949. The molecule has 27 heavy (non-hydrogen) atoms. The zero-order chi connectivity index (χ0) is 18.6. The van der Waals surface area contributed by atoms with Gasteiger partial charge in [0.2, 0.25) is 0 Å². The summed E-state index contributed by atoms with van der Waals surface area (Å²) in [5.74, 6) is 0. The summed E-state index contributed by atoms with van der Waals surface area (Å²) in [7, 11) is 0. The van der Waals surface area contributed by atoms with E-state index in [1.807, 2.05) is 30.3 Å². The first-order valence-corrected chi connectivity index (χ1v) is 8.97. The van der Waals surface area contributed by atoms with E-state index in [0.29, 0.717) is 24.2 Å². The molecule has 0 saturated carbocycles. The van der Waals surface area contributed by atoms with Gasteiger partial charge in [-0.25, -0.2) is 9.36 Å². The van der Waals surface area contributed by atoms with Gasteiger partial charge in [-0.05, 0) is 25.0 Å². The molecule has 0 spiro atoms. The number of benzene rings is 1. The van der Waals surface area contributed by atoms with Gasteiger partial charge >= 0.3 is 0 Å². The van der Waals surface area contributed by atoms with Crippen LogP contribution in [0.25, 0.3) is 16.7 Å². The first kappa shape index (κ1) is 17.8. The molecule has 4 rings (SSSR count). The molecule has 9 heteroatoms. The summed E-state index contributed by atoms with van der Waals surface area (Å²) in [6.07, 6.45) is 2.35. The van der Waals surface area contributed by atoms with E-state index in [0.717, 1.165) is 23.2 Å². The van der Waals surface area contributed by atoms with Gasteiger partial charge in [-0.2, -0.15) is 5.10 Å². The lowest BCUT2D eigenvalue weighted by Crippen LogP contribution is -2.34. The lowest BCUT2D eigenvalue weighted by Gasteiger charge is -2.23. The molecule has 1 aromatic carbocycles. The highest BCUT2D eigenvalue weighted by Crippen LogP contribution is 2.13. The quantitative estimate of drug-likeness (QED) is 0.674. The second kappa shape index (κ2) is 7.95. The third-order valence-electron chi connectivity index (χ3n) is 4.53. The van der Waals surface area contributed by atoms with Crippen LogP contribution in [0, 0.1) is 0 Å². The molecule has 1 saturated heterocycles. The highest BCUT2D eigenvalue weighted by Gasteiger charge is 2.18. The van der Waals surface area contributed by atoms with Crippen LogP contribution in [0.1, 0.15) is 12.8 Å². The van der Waals surface area contributed by atoms with Gasteiger partial charge in [0.15, 0.2) is 5.65 Å². The molecule has 3 heterocycles. The summed E-state index contributed by atoms with van der Waals surface area (Å²) in [4.78, 5) is 12.7. The van der Waals surface area contributed by atoms with Gasteiger partial charge in [0, 0.05) is 13.2 Å². The zero-order valence-corrected chi connectivity index (χ0v) is 14.8. The van der Waals surface area contributed by atoms with Crippen LogP contribution in [-0.2, 0) is 16.0 Å². The van der Waals surface area contributed by atoms with E-state index in [1.54, 1.807) is 4.68 Å². The second-order valence-electron chi connectivity index (χ2n) is 6.50. The van der Waals surface area contributed by atoms with Gasteiger partial charge in [0.05, 0.1) is 37.2 Å². The Hall–Kier alpha value is -2.62. The maximum Gasteiger partial charge on any atom is 0.280 e. The maximum absolute atomic E-state index is 12.7. The molecular formula is C18H21N5O4. The maximum atomic E-state index is 12.7. The molecule has 142 valence electrons. The highest BCUT2D eigenvalue weighted by molar-refractivity contribution is 5.74. The van der Waals surface area contributed by atoms with Crippen molar-refractivity contribution in [2.24, 2.45) is 0 Å². The molecule has 0 aliphatic carbocycles. The molecule has 0 bridgehead atoms. The Kier molecular flexibility index (Phi) is 5.23. The highest BCUT2D eigenvalue weighted by atomic mass is 16.5. The van der Waals surface area contributed by atoms with Crippen LogP contribution in [0.4, 0.5) is 0 Å². The van der Waals surface area contributed by atoms with Crippen molar-refractivity contribution in [3.63, 3.8) is 0 Å². The Morgan fingerprint density at radius 3 is 2.81 bits per heavy atom. The summed E-state index contributed by atoms with van der Waals surface area (Å²) in [5, 5.41) is 22.9. The summed E-state index contributed by atoms with van der Waals surface area (Å²) in [5.41, 5.74) is 0.839. The summed E-state index contributed by atoms with van der Waals surface area (Å²) < 4.78 is 13.7. The van der Waals surface area contributed by atoms with Gasteiger partial charge < -0.3 is 14.6 Å². The topological polar surface area (TPSA) is 104 Å². The first-order valence-electron chi connectivity index (χ1n) is 8.97. The van der Waals surface area contributed by atoms with Crippen LogP contribution in [0.3, 0.4) is 0 Å². The van der Waals surface area contributed by atoms with Gasteiger partial charge in [-0.3, -0.25) is 4.79 Å². The lowest BCUT2D eigenvalue weighted by atomic mass is 10.1. The van der Waals surface area contributed by atoms with Crippen LogP contribution in [0.5, 0.6) is 0 Å². The fraction of sp³-hybridized carbons (Fsp3) is 0.444. The minimum absolute atomic E-state index is 0.0154. The van der Waals surface area contributed by atoms with Crippen molar-refractivity contribution in [2.75, 3.05) is 19.8 Å². The number of ether oxygens (including phenoxy) is 2. The fourth-order valence-corrected chi connectivity index (χ4v) is 3.08. The van der Waals surface area contributed by atoms with Crippen molar-refractivity contribution in [3.8, 4) is 5.69 Å². The molecular weight excluding hydrogens is 350 g/mol. The monoisotopic (exact) mass is 371 g/mol. The average Bonchev–Trinajstić information content (AvgIpc) is 3.15. The van der Waals surface area contributed by atoms with E-state index < -0.39 is 6.10 Å². The van der Waals surface area contributed by atoms with Crippen molar-refractivity contribution in [1.29, 1.82) is 0 Å². The van der Waals surface area contributed by atoms with Crippen molar-refractivity contribution in [3.05, 3.63) is 46.9 Å². The molecule has 1 unspecified atom stereocenters. The first-order chi connectivity index (χ1) is 13.2. The van der Waals surface area contributed by atoms with Crippen LogP contribution < -0.4 is 5.56 Å². The minimum Gasteiger partial charge on any atom is -0.389 e. The van der Waals surface area contributed by atoms with Crippen molar-refractivity contribution in [1.82, 2.24) is 24.8 Å². The third kappa shape index (κ3) is 3.90. The van der Waals surface area contributed by atoms with Gasteiger partial charge in [-0.15, -0.1) is 5.10 Å². The molecule has 0 amide bonds. The predicted molar refractivity (Wildman–Crippen MR) is 96.7 cm³/mol. The Balaban J connectivity index is 1.48. The molecule has 1 N–H and O–H groups in total. The Morgan fingerprint density at radius 1 is 1.26 bits per heavy atom. The summed E-state index contributed by atoms with van der Waals surface area (Å²) in [6, 6.07) is 9.41. The number of fused-ring (bicyclic) bond motifs is 1. The number of para-hydroxylation sites is 1. The average molecular weight is 371 g/mol. The predicted octanol–water partition coefficient (Wildman–Crippen LogP) is 0.534. The number of rotatable bonds is 6.